The zero-order chi connectivity index (χ0) is 27.5. The highest BCUT2D eigenvalue weighted by Crippen LogP contribution is 2.40. The van der Waals surface area contributed by atoms with Crippen LogP contribution in [0.3, 0.4) is 0 Å². The Bertz CT molecular complexity index is 1520. The van der Waals surface area contributed by atoms with Gasteiger partial charge in [-0.3, -0.25) is 19.3 Å². The van der Waals surface area contributed by atoms with E-state index in [0.29, 0.717) is 17.0 Å². The molecule has 0 aliphatic heterocycles. The molecular formula is C28H30N6O4S. The van der Waals surface area contributed by atoms with Crippen molar-refractivity contribution >= 4 is 51.5 Å². The van der Waals surface area contributed by atoms with Crippen LogP contribution in [-0.2, 0) is 4.79 Å². The van der Waals surface area contributed by atoms with E-state index in [1.165, 1.54) is 12.0 Å². The number of aromatic nitrogens is 2. The number of anilines is 2. The van der Waals surface area contributed by atoms with Crippen LogP contribution in [0.1, 0.15) is 63.9 Å². The second-order valence-electron chi connectivity index (χ2n) is 9.52. The summed E-state index contributed by atoms with van der Waals surface area (Å²) in [5.41, 5.74) is 13.1. The van der Waals surface area contributed by atoms with Gasteiger partial charge in [-0.25, -0.2) is 0 Å². The quantitative estimate of drug-likeness (QED) is 0.260. The number of primary amides is 1. The number of ether oxygens (including phenoxy) is 1. The SMILES string of the molecule is COc1ccccc1N(C(=O)c1snc(C(N)=O)c1N)[C@H](C(=O)NC1CCCCC1)c1c[nH]c2ccccc12. The Labute approximate surface area is 229 Å². The van der Waals surface area contributed by atoms with Gasteiger partial charge in [0.25, 0.3) is 11.8 Å². The normalized spacial score (nSPS) is 14.6. The number of nitrogens with zero attached hydrogens (tertiary/aromatic N) is 2. The van der Waals surface area contributed by atoms with Crippen molar-refractivity contribution in [3.05, 3.63) is 70.9 Å². The Morgan fingerprint density at radius 3 is 2.54 bits per heavy atom. The average molecular weight is 547 g/mol. The van der Waals surface area contributed by atoms with Crippen molar-refractivity contribution in [2.24, 2.45) is 5.73 Å². The summed E-state index contributed by atoms with van der Waals surface area (Å²) in [4.78, 5) is 45.1. The summed E-state index contributed by atoms with van der Waals surface area (Å²) >= 11 is 0.767. The molecule has 1 saturated carbocycles. The molecule has 2 heterocycles. The number of nitrogens with one attached hydrogen (secondary N) is 2. The van der Waals surface area contributed by atoms with Crippen LogP contribution < -0.4 is 26.4 Å². The zero-order valence-electron chi connectivity index (χ0n) is 21.5. The number of para-hydroxylation sites is 3. The number of carbonyl (C=O) groups is 3. The van der Waals surface area contributed by atoms with Crippen LogP contribution >= 0.6 is 11.5 Å². The molecule has 0 spiro atoms. The van der Waals surface area contributed by atoms with Gasteiger partial charge in [0.2, 0.25) is 5.91 Å². The van der Waals surface area contributed by atoms with Gasteiger partial charge in [-0.1, -0.05) is 49.6 Å². The Hall–Kier alpha value is -4.38. The molecule has 39 heavy (non-hydrogen) atoms. The van der Waals surface area contributed by atoms with E-state index in [2.05, 4.69) is 14.7 Å². The number of hydrogen-bond acceptors (Lipinski definition) is 7. The summed E-state index contributed by atoms with van der Waals surface area (Å²) < 4.78 is 9.64. The first-order valence-corrected chi connectivity index (χ1v) is 13.6. The molecule has 0 unspecified atom stereocenters. The number of fused-ring (bicyclic) bond motifs is 1. The molecule has 1 atom stereocenters. The van der Waals surface area contributed by atoms with Gasteiger partial charge in [0.1, 0.15) is 16.7 Å². The second kappa shape index (κ2) is 11.2. The van der Waals surface area contributed by atoms with E-state index in [9.17, 15) is 14.4 Å². The summed E-state index contributed by atoms with van der Waals surface area (Å²) in [6.07, 6.45) is 6.70. The Morgan fingerprint density at radius 2 is 1.82 bits per heavy atom. The first-order valence-electron chi connectivity index (χ1n) is 12.8. The number of carbonyl (C=O) groups excluding carboxylic acids is 3. The minimum Gasteiger partial charge on any atom is -0.495 e. The number of rotatable bonds is 8. The fraction of sp³-hybridized carbons (Fsp3) is 0.286. The lowest BCUT2D eigenvalue weighted by Crippen LogP contribution is -2.47. The molecule has 0 saturated heterocycles. The Balaban J connectivity index is 1.70. The summed E-state index contributed by atoms with van der Waals surface area (Å²) in [6.45, 7) is 0. The number of benzene rings is 2. The molecule has 0 radical (unpaired) electrons. The van der Waals surface area contributed by atoms with Gasteiger partial charge >= 0.3 is 0 Å². The maximum absolute atomic E-state index is 14.4. The third-order valence-electron chi connectivity index (χ3n) is 7.09. The largest absolute Gasteiger partial charge is 0.495 e. The second-order valence-corrected chi connectivity index (χ2v) is 10.3. The Morgan fingerprint density at radius 1 is 1.10 bits per heavy atom. The van der Waals surface area contributed by atoms with Gasteiger partial charge in [0, 0.05) is 28.7 Å². The zero-order valence-corrected chi connectivity index (χ0v) is 22.3. The van der Waals surface area contributed by atoms with Gasteiger partial charge < -0.3 is 26.5 Å². The topological polar surface area (TPSA) is 156 Å². The van der Waals surface area contributed by atoms with E-state index in [4.69, 9.17) is 16.2 Å². The standard InChI is InChI=1S/C28H30N6O4S/c1-38-21-14-8-7-13-20(21)34(28(37)25-22(29)23(26(30)35)33-39-25)24(27(36)32-16-9-3-2-4-10-16)18-15-31-19-12-6-5-11-17(18)19/h5-8,11-16,24,31H,2-4,9-10,29H2,1H3,(H2,30,35)(H,32,36)/t24-/m0/s1. The first-order chi connectivity index (χ1) is 18.9. The molecule has 4 aromatic rings. The minimum absolute atomic E-state index is 0.00325. The van der Waals surface area contributed by atoms with Crippen molar-refractivity contribution in [1.29, 1.82) is 0 Å². The molecule has 1 aliphatic rings. The summed E-state index contributed by atoms with van der Waals surface area (Å²) in [6, 6.07) is 13.5. The number of hydrogen-bond donors (Lipinski definition) is 4. The van der Waals surface area contributed by atoms with Crippen molar-refractivity contribution in [1.82, 2.24) is 14.7 Å². The van der Waals surface area contributed by atoms with Crippen LogP contribution in [0.2, 0.25) is 0 Å². The fourth-order valence-corrected chi connectivity index (χ4v) is 5.92. The number of H-pyrrole nitrogens is 1. The van der Waals surface area contributed by atoms with E-state index in [0.717, 1.165) is 54.5 Å². The molecule has 202 valence electrons. The van der Waals surface area contributed by atoms with Gasteiger partial charge in [0.15, 0.2) is 5.69 Å². The molecule has 3 amide bonds. The Kier molecular flexibility index (Phi) is 7.51. The van der Waals surface area contributed by atoms with Crippen LogP contribution in [0, 0.1) is 0 Å². The summed E-state index contributed by atoms with van der Waals surface area (Å²) in [5.74, 6) is -1.38. The van der Waals surface area contributed by atoms with Crippen LogP contribution in [0.15, 0.2) is 54.7 Å². The number of nitrogens with two attached hydrogens (primary N) is 2. The van der Waals surface area contributed by atoms with Crippen molar-refractivity contribution in [3.63, 3.8) is 0 Å². The molecule has 6 N–H and O–H groups in total. The molecule has 10 nitrogen and oxygen atoms in total. The first kappa shape index (κ1) is 26.2. The maximum Gasteiger partial charge on any atom is 0.273 e. The number of methoxy groups -OCH3 is 1. The molecule has 0 bridgehead atoms. The van der Waals surface area contributed by atoms with E-state index in [-0.39, 0.29) is 28.2 Å². The third kappa shape index (κ3) is 5.05. The molecule has 2 aromatic carbocycles. The maximum atomic E-state index is 14.4. The van der Waals surface area contributed by atoms with Gasteiger partial charge in [0.05, 0.1) is 18.5 Å². The summed E-state index contributed by atoms with van der Waals surface area (Å²) in [7, 11) is 1.50. The fourth-order valence-electron chi connectivity index (χ4n) is 5.18. The van der Waals surface area contributed by atoms with Crippen LogP contribution in [0.5, 0.6) is 5.75 Å². The van der Waals surface area contributed by atoms with Crippen LogP contribution in [0.25, 0.3) is 10.9 Å². The molecule has 11 heteroatoms. The molecule has 2 aromatic heterocycles. The van der Waals surface area contributed by atoms with E-state index in [1.54, 1.807) is 30.5 Å². The molecule has 1 fully saturated rings. The molecule has 5 rings (SSSR count). The van der Waals surface area contributed by atoms with E-state index >= 15 is 0 Å². The highest BCUT2D eigenvalue weighted by molar-refractivity contribution is 7.09. The molecular weight excluding hydrogens is 516 g/mol. The van der Waals surface area contributed by atoms with Crippen LogP contribution in [0.4, 0.5) is 11.4 Å². The van der Waals surface area contributed by atoms with Gasteiger partial charge in [-0.15, -0.1) is 0 Å². The van der Waals surface area contributed by atoms with Crippen molar-refractivity contribution < 1.29 is 19.1 Å². The number of amides is 3. The number of nitrogen functional groups attached to an aromatic ring is 1. The predicted octanol–water partition coefficient (Wildman–Crippen LogP) is 4.15. The van der Waals surface area contributed by atoms with E-state index < -0.39 is 17.9 Å². The van der Waals surface area contributed by atoms with Gasteiger partial charge in [-0.2, -0.15) is 4.37 Å². The highest BCUT2D eigenvalue weighted by atomic mass is 32.1. The van der Waals surface area contributed by atoms with Crippen LogP contribution in [-0.4, -0.2) is 40.2 Å². The monoisotopic (exact) mass is 546 g/mol. The van der Waals surface area contributed by atoms with E-state index in [1.807, 2.05) is 24.3 Å². The minimum atomic E-state index is -1.09. The lowest BCUT2D eigenvalue weighted by Gasteiger charge is -2.33. The van der Waals surface area contributed by atoms with Crippen molar-refractivity contribution in [3.8, 4) is 5.75 Å². The van der Waals surface area contributed by atoms with Gasteiger partial charge in [-0.05, 0) is 42.6 Å². The summed E-state index contributed by atoms with van der Waals surface area (Å²) in [5, 5.41) is 3.99. The van der Waals surface area contributed by atoms with Crippen molar-refractivity contribution in [2.75, 3.05) is 17.7 Å². The average Bonchev–Trinajstić information content (AvgIpc) is 3.55. The molecule has 1 aliphatic carbocycles. The lowest BCUT2D eigenvalue weighted by atomic mass is 9.94. The highest BCUT2D eigenvalue weighted by Gasteiger charge is 2.39. The number of aromatic amines is 1. The third-order valence-corrected chi connectivity index (χ3v) is 7.94. The smallest absolute Gasteiger partial charge is 0.273 e. The predicted molar refractivity (Wildman–Crippen MR) is 151 cm³/mol. The lowest BCUT2D eigenvalue weighted by molar-refractivity contribution is -0.123. The van der Waals surface area contributed by atoms with Crippen molar-refractivity contribution in [2.45, 2.75) is 44.2 Å².